The number of fused-ring (bicyclic) bond motifs is 1. The molecule has 1 aromatic heterocycles. The summed E-state index contributed by atoms with van der Waals surface area (Å²) >= 11 is 0. The van der Waals surface area contributed by atoms with E-state index in [2.05, 4.69) is 21.6 Å². The van der Waals surface area contributed by atoms with Crippen LogP contribution in [-0.4, -0.2) is 39.3 Å². The predicted octanol–water partition coefficient (Wildman–Crippen LogP) is 1.89. The zero-order chi connectivity index (χ0) is 12.4. The Morgan fingerprint density at radius 2 is 2.00 bits per heavy atom. The first-order valence-corrected chi connectivity index (χ1v) is 7.46. The molecule has 0 amide bonds. The van der Waals surface area contributed by atoms with E-state index >= 15 is 0 Å². The highest BCUT2D eigenvalue weighted by Crippen LogP contribution is 2.18. The lowest BCUT2D eigenvalue weighted by Crippen LogP contribution is -2.31. The van der Waals surface area contributed by atoms with Crippen LogP contribution in [0.15, 0.2) is 0 Å². The van der Waals surface area contributed by atoms with Crippen molar-refractivity contribution in [2.75, 3.05) is 19.6 Å². The smallest absolute Gasteiger partial charge is 0.152 e. The molecular formula is C14H24N4. The number of aromatic nitrogens is 3. The fourth-order valence-corrected chi connectivity index (χ4v) is 3.06. The molecule has 2 aliphatic rings. The van der Waals surface area contributed by atoms with Gasteiger partial charge in [0.2, 0.25) is 0 Å². The molecule has 1 atom stereocenters. The van der Waals surface area contributed by atoms with Crippen LogP contribution in [0.3, 0.4) is 0 Å². The predicted molar refractivity (Wildman–Crippen MR) is 71.5 cm³/mol. The largest absolute Gasteiger partial charge is 0.303 e. The SMILES string of the molecule is CC1CCn2nc(CCN3CCCCC3)nc2C1. The second kappa shape index (κ2) is 5.39. The van der Waals surface area contributed by atoms with Gasteiger partial charge < -0.3 is 4.90 Å². The monoisotopic (exact) mass is 248 g/mol. The van der Waals surface area contributed by atoms with Crippen LogP contribution in [0, 0.1) is 5.92 Å². The van der Waals surface area contributed by atoms with Crippen molar-refractivity contribution in [3.8, 4) is 0 Å². The summed E-state index contributed by atoms with van der Waals surface area (Å²) in [6.07, 6.45) is 7.52. The third-order valence-corrected chi connectivity index (χ3v) is 4.26. The summed E-state index contributed by atoms with van der Waals surface area (Å²) in [6.45, 7) is 7.05. The Morgan fingerprint density at radius 1 is 1.17 bits per heavy atom. The molecular weight excluding hydrogens is 224 g/mol. The molecule has 0 bridgehead atoms. The van der Waals surface area contributed by atoms with Gasteiger partial charge in [0.1, 0.15) is 5.82 Å². The number of aryl methyl sites for hydroxylation is 1. The molecule has 0 radical (unpaired) electrons. The van der Waals surface area contributed by atoms with Crippen LogP contribution in [0.5, 0.6) is 0 Å². The first-order chi connectivity index (χ1) is 8.81. The van der Waals surface area contributed by atoms with Crippen LogP contribution in [0.4, 0.5) is 0 Å². The summed E-state index contributed by atoms with van der Waals surface area (Å²) in [5.41, 5.74) is 0. The molecule has 4 nitrogen and oxygen atoms in total. The molecule has 0 aliphatic carbocycles. The minimum Gasteiger partial charge on any atom is -0.303 e. The first-order valence-electron chi connectivity index (χ1n) is 7.46. The highest BCUT2D eigenvalue weighted by atomic mass is 15.4. The molecule has 0 saturated carbocycles. The molecule has 0 spiro atoms. The van der Waals surface area contributed by atoms with E-state index in [4.69, 9.17) is 4.98 Å². The van der Waals surface area contributed by atoms with Gasteiger partial charge in [-0.1, -0.05) is 13.3 Å². The summed E-state index contributed by atoms with van der Waals surface area (Å²) in [5.74, 6) is 3.05. The maximum absolute atomic E-state index is 4.71. The highest BCUT2D eigenvalue weighted by molar-refractivity contribution is 4.97. The van der Waals surface area contributed by atoms with Crippen LogP contribution in [0.25, 0.3) is 0 Å². The van der Waals surface area contributed by atoms with E-state index in [0.717, 1.165) is 37.7 Å². The normalized spacial score (nSPS) is 25.1. The van der Waals surface area contributed by atoms with Crippen molar-refractivity contribution in [2.24, 2.45) is 5.92 Å². The van der Waals surface area contributed by atoms with Crippen molar-refractivity contribution < 1.29 is 0 Å². The van der Waals surface area contributed by atoms with Gasteiger partial charge in [0, 0.05) is 25.9 Å². The van der Waals surface area contributed by atoms with Gasteiger partial charge >= 0.3 is 0 Å². The molecule has 0 aromatic carbocycles. The van der Waals surface area contributed by atoms with E-state index in [1.54, 1.807) is 0 Å². The lowest BCUT2D eigenvalue weighted by molar-refractivity contribution is 0.230. The van der Waals surface area contributed by atoms with Crippen LogP contribution >= 0.6 is 0 Å². The van der Waals surface area contributed by atoms with Crippen LogP contribution in [0.1, 0.15) is 44.3 Å². The molecule has 2 aliphatic heterocycles. The zero-order valence-electron chi connectivity index (χ0n) is 11.4. The molecule has 3 rings (SSSR count). The van der Waals surface area contributed by atoms with E-state index in [0.29, 0.717) is 0 Å². The van der Waals surface area contributed by atoms with Gasteiger partial charge in [0.25, 0.3) is 0 Å². The minimum atomic E-state index is 0.775. The maximum atomic E-state index is 4.71. The Bertz CT molecular complexity index is 392. The summed E-state index contributed by atoms with van der Waals surface area (Å²) in [7, 11) is 0. The van der Waals surface area contributed by atoms with Crippen LogP contribution in [0.2, 0.25) is 0 Å². The standard InChI is InChI=1S/C14H24N4/c1-12-5-10-18-14(11-12)15-13(16-18)6-9-17-7-3-2-4-8-17/h12H,2-11H2,1H3. The highest BCUT2D eigenvalue weighted by Gasteiger charge is 2.19. The molecule has 18 heavy (non-hydrogen) atoms. The summed E-state index contributed by atoms with van der Waals surface area (Å²) < 4.78 is 2.13. The van der Waals surface area contributed by atoms with Gasteiger partial charge in [-0.15, -0.1) is 0 Å². The molecule has 1 aromatic rings. The van der Waals surface area contributed by atoms with Gasteiger partial charge in [0.15, 0.2) is 5.82 Å². The second-order valence-electron chi connectivity index (χ2n) is 5.92. The van der Waals surface area contributed by atoms with Crippen molar-refractivity contribution in [2.45, 2.75) is 52.0 Å². The van der Waals surface area contributed by atoms with Crippen molar-refractivity contribution in [1.82, 2.24) is 19.7 Å². The van der Waals surface area contributed by atoms with Gasteiger partial charge in [-0.2, -0.15) is 5.10 Å². The molecule has 0 N–H and O–H groups in total. The summed E-state index contributed by atoms with van der Waals surface area (Å²) in [6, 6.07) is 0. The lowest BCUT2D eigenvalue weighted by atomic mass is 10.0. The fraction of sp³-hybridized carbons (Fsp3) is 0.857. The topological polar surface area (TPSA) is 34.0 Å². The quantitative estimate of drug-likeness (QED) is 0.819. The molecule has 100 valence electrons. The number of nitrogens with zero attached hydrogens (tertiary/aromatic N) is 4. The van der Waals surface area contributed by atoms with E-state index in [1.165, 1.54) is 44.6 Å². The van der Waals surface area contributed by atoms with Crippen molar-refractivity contribution >= 4 is 0 Å². The Labute approximate surface area is 109 Å². The third kappa shape index (κ3) is 2.74. The Kier molecular flexibility index (Phi) is 3.64. The minimum absolute atomic E-state index is 0.775. The van der Waals surface area contributed by atoms with Crippen molar-refractivity contribution in [3.63, 3.8) is 0 Å². The van der Waals surface area contributed by atoms with Gasteiger partial charge in [-0.3, -0.25) is 0 Å². The molecule has 4 heteroatoms. The summed E-state index contributed by atoms with van der Waals surface area (Å²) in [5, 5.41) is 4.65. The van der Waals surface area contributed by atoms with Gasteiger partial charge in [0.05, 0.1) is 0 Å². The number of rotatable bonds is 3. The average Bonchev–Trinajstić information content (AvgIpc) is 2.79. The lowest BCUT2D eigenvalue weighted by Gasteiger charge is -2.25. The van der Waals surface area contributed by atoms with Crippen molar-refractivity contribution in [3.05, 3.63) is 11.6 Å². The number of piperidine rings is 1. The first kappa shape index (κ1) is 12.2. The summed E-state index contributed by atoms with van der Waals surface area (Å²) in [4.78, 5) is 7.27. The molecule has 1 saturated heterocycles. The van der Waals surface area contributed by atoms with Crippen molar-refractivity contribution in [1.29, 1.82) is 0 Å². The fourth-order valence-electron chi connectivity index (χ4n) is 3.06. The Hall–Kier alpha value is -0.900. The van der Waals surface area contributed by atoms with E-state index in [9.17, 15) is 0 Å². The van der Waals surface area contributed by atoms with Gasteiger partial charge in [-0.05, 0) is 38.3 Å². The Balaban J connectivity index is 1.56. The maximum Gasteiger partial charge on any atom is 0.152 e. The second-order valence-corrected chi connectivity index (χ2v) is 5.92. The number of hydrogen-bond donors (Lipinski definition) is 0. The number of likely N-dealkylation sites (tertiary alicyclic amines) is 1. The van der Waals surface area contributed by atoms with E-state index in [1.807, 2.05) is 0 Å². The molecule has 1 unspecified atom stereocenters. The molecule has 1 fully saturated rings. The van der Waals surface area contributed by atoms with Crippen LogP contribution in [-0.2, 0) is 19.4 Å². The molecule has 3 heterocycles. The van der Waals surface area contributed by atoms with Gasteiger partial charge in [-0.25, -0.2) is 9.67 Å². The van der Waals surface area contributed by atoms with E-state index in [-0.39, 0.29) is 0 Å². The van der Waals surface area contributed by atoms with E-state index < -0.39 is 0 Å². The zero-order valence-corrected chi connectivity index (χ0v) is 11.4. The third-order valence-electron chi connectivity index (χ3n) is 4.26. The van der Waals surface area contributed by atoms with Crippen LogP contribution < -0.4 is 0 Å². The number of hydrogen-bond acceptors (Lipinski definition) is 3. The average molecular weight is 248 g/mol. The Morgan fingerprint density at radius 3 is 2.83 bits per heavy atom.